The van der Waals surface area contributed by atoms with Crippen LogP contribution in [0.4, 0.5) is 5.13 Å². The highest BCUT2D eigenvalue weighted by atomic mass is 32.1. The molecule has 16 heavy (non-hydrogen) atoms. The molecule has 2 heterocycles. The number of aromatic nitrogens is 1. The third kappa shape index (κ3) is 2.80. The summed E-state index contributed by atoms with van der Waals surface area (Å²) in [7, 11) is 0. The van der Waals surface area contributed by atoms with Gasteiger partial charge < -0.3 is 10.1 Å². The van der Waals surface area contributed by atoms with Crippen LogP contribution in [0.15, 0.2) is 0 Å². The lowest BCUT2D eigenvalue weighted by atomic mass is 10.1. The van der Waals surface area contributed by atoms with Crippen LogP contribution in [0.1, 0.15) is 30.8 Å². The topological polar surface area (TPSA) is 51.2 Å². The molecule has 0 unspecified atom stereocenters. The first-order valence-electron chi connectivity index (χ1n) is 5.51. The van der Waals surface area contributed by atoms with E-state index in [0.717, 1.165) is 23.6 Å². The fraction of sp³-hybridized carbons (Fsp3) is 0.636. The third-order valence-electron chi connectivity index (χ3n) is 2.33. The summed E-state index contributed by atoms with van der Waals surface area (Å²) >= 11 is 1.52. The molecule has 0 aromatic carbocycles. The zero-order chi connectivity index (χ0) is 11.5. The summed E-state index contributed by atoms with van der Waals surface area (Å²) in [6.45, 7) is 5.42. The van der Waals surface area contributed by atoms with Gasteiger partial charge in [0.2, 0.25) is 5.91 Å². The number of hydrogen-bond acceptors (Lipinski definition) is 4. The van der Waals surface area contributed by atoms with Crippen molar-refractivity contribution in [1.82, 2.24) is 4.98 Å². The molecule has 4 nitrogen and oxygen atoms in total. The van der Waals surface area contributed by atoms with Gasteiger partial charge in [-0.3, -0.25) is 4.79 Å². The van der Waals surface area contributed by atoms with Crippen molar-refractivity contribution < 1.29 is 9.53 Å². The molecule has 0 bridgehead atoms. The number of thiazole rings is 1. The van der Waals surface area contributed by atoms with Crippen molar-refractivity contribution >= 4 is 22.4 Å². The summed E-state index contributed by atoms with van der Waals surface area (Å²) in [6, 6.07) is 0. The first-order chi connectivity index (χ1) is 7.65. The number of hydrogen-bond donors (Lipinski definition) is 1. The monoisotopic (exact) mass is 240 g/mol. The van der Waals surface area contributed by atoms with Gasteiger partial charge in [-0.25, -0.2) is 4.98 Å². The largest absolute Gasteiger partial charge is 0.375 e. The van der Waals surface area contributed by atoms with Crippen molar-refractivity contribution in [2.75, 3.05) is 11.9 Å². The Hall–Kier alpha value is -0.940. The van der Waals surface area contributed by atoms with Crippen LogP contribution in [0.25, 0.3) is 0 Å². The maximum absolute atomic E-state index is 11.6. The summed E-state index contributed by atoms with van der Waals surface area (Å²) in [5.41, 5.74) is 1.08. The molecule has 0 spiro atoms. The smallest absolute Gasteiger partial charge is 0.226 e. The van der Waals surface area contributed by atoms with Crippen molar-refractivity contribution in [3.8, 4) is 0 Å². The predicted molar refractivity (Wildman–Crippen MR) is 63.6 cm³/mol. The lowest BCUT2D eigenvalue weighted by Crippen LogP contribution is -2.13. The quantitative estimate of drug-likeness (QED) is 0.881. The van der Waals surface area contributed by atoms with Gasteiger partial charge >= 0.3 is 0 Å². The number of amides is 1. The van der Waals surface area contributed by atoms with Crippen molar-refractivity contribution in [2.24, 2.45) is 5.92 Å². The average molecular weight is 240 g/mol. The first-order valence-corrected chi connectivity index (χ1v) is 6.33. The molecular weight excluding hydrogens is 224 g/mol. The van der Waals surface area contributed by atoms with Gasteiger partial charge in [0.1, 0.15) is 0 Å². The molecule has 1 aliphatic rings. The van der Waals surface area contributed by atoms with Gasteiger partial charge in [0.15, 0.2) is 5.13 Å². The van der Waals surface area contributed by atoms with Crippen LogP contribution < -0.4 is 5.32 Å². The number of ether oxygens (including phenoxy) is 1. The Bertz CT molecular complexity index is 364. The maximum Gasteiger partial charge on any atom is 0.226 e. The standard InChI is InChI=1S/C11H16N2O2S/c1-7(2)5-10(14)13-11-12-8-3-4-15-6-9(8)16-11/h7H,3-6H2,1-2H3,(H,12,13,14). The maximum atomic E-state index is 11.6. The van der Waals surface area contributed by atoms with E-state index in [1.54, 1.807) is 0 Å². The normalized spacial score (nSPS) is 14.9. The second-order valence-corrected chi connectivity index (χ2v) is 5.42. The van der Waals surface area contributed by atoms with Gasteiger partial charge in [-0.05, 0) is 5.92 Å². The van der Waals surface area contributed by atoms with E-state index >= 15 is 0 Å². The van der Waals surface area contributed by atoms with Crippen LogP contribution in [-0.4, -0.2) is 17.5 Å². The lowest BCUT2D eigenvalue weighted by Gasteiger charge is -2.08. The lowest BCUT2D eigenvalue weighted by molar-refractivity contribution is -0.116. The Morgan fingerprint density at radius 2 is 2.44 bits per heavy atom. The van der Waals surface area contributed by atoms with E-state index in [1.807, 2.05) is 13.8 Å². The number of anilines is 1. The molecule has 0 atom stereocenters. The second kappa shape index (κ2) is 4.93. The minimum Gasteiger partial charge on any atom is -0.375 e. The first kappa shape index (κ1) is 11.5. The molecule has 1 N–H and O–H groups in total. The molecule has 1 aromatic heterocycles. The summed E-state index contributed by atoms with van der Waals surface area (Å²) in [4.78, 5) is 17.1. The predicted octanol–water partition coefficient (Wildman–Crippen LogP) is 2.20. The van der Waals surface area contributed by atoms with Gasteiger partial charge in [0, 0.05) is 12.8 Å². The Kier molecular flexibility index (Phi) is 3.56. The number of fused-ring (bicyclic) bond motifs is 1. The van der Waals surface area contributed by atoms with Crippen LogP contribution in [0, 0.1) is 5.92 Å². The SMILES string of the molecule is CC(C)CC(=O)Nc1nc2c(s1)COCC2. The van der Waals surface area contributed by atoms with Gasteiger partial charge in [-0.1, -0.05) is 25.2 Å². The molecule has 0 saturated carbocycles. The highest BCUT2D eigenvalue weighted by Gasteiger charge is 2.16. The number of nitrogens with one attached hydrogen (secondary N) is 1. The van der Waals surface area contributed by atoms with Crippen molar-refractivity contribution in [3.05, 3.63) is 10.6 Å². The van der Waals surface area contributed by atoms with E-state index in [2.05, 4.69) is 10.3 Å². The summed E-state index contributed by atoms with van der Waals surface area (Å²) in [5.74, 6) is 0.417. The molecule has 0 saturated heterocycles. The average Bonchev–Trinajstić information content (AvgIpc) is 2.57. The number of carbonyl (C=O) groups excluding carboxylic acids is 1. The Morgan fingerprint density at radius 1 is 1.62 bits per heavy atom. The zero-order valence-corrected chi connectivity index (χ0v) is 10.4. The van der Waals surface area contributed by atoms with Crippen LogP contribution in [0.5, 0.6) is 0 Å². The van der Waals surface area contributed by atoms with Crippen LogP contribution in [-0.2, 0) is 22.6 Å². The molecule has 0 fully saturated rings. The van der Waals surface area contributed by atoms with Gasteiger partial charge in [-0.15, -0.1) is 0 Å². The summed E-state index contributed by atoms with van der Waals surface area (Å²) in [6.07, 6.45) is 1.40. The number of carbonyl (C=O) groups is 1. The fourth-order valence-electron chi connectivity index (χ4n) is 1.62. The zero-order valence-electron chi connectivity index (χ0n) is 9.58. The highest BCUT2D eigenvalue weighted by molar-refractivity contribution is 7.15. The molecule has 1 amide bonds. The van der Waals surface area contributed by atoms with Gasteiger partial charge in [0.25, 0.3) is 0 Å². The van der Waals surface area contributed by atoms with Gasteiger partial charge in [-0.2, -0.15) is 0 Å². The van der Waals surface area contributed by atoms with Gasteiger partial charge in [0.05, 0.1) is 23.8 Å². The van der Waals surface area contributed by atoms with E-state index in [1.165, 1.54) is 11.3 Å². The van der Waals surface area contributed by atoms with E-state index in [-0.39, 0.29) is 5.91 Å². The number of rotatable bonds is 3. The van der Waals surface area contributed by atoms with Crippen molar-refractivity contribution in [1.29, 1.82) is 0 Å². The molecule has 0 aliphatic carbocycles. The third-order valence-corrected chi connectivity index (χ3v) is 3.32. The van der Waals surface area contributed by atoms with Crippen LogP contribution in [0.3, 0.4) is 0 Å². The minimum atomic E-state index is 0.0435. The molecule has 1 aromatic rings. The Morgan fingerprint density at radius 3 is 3.12 bits per heavy atom. The van der Waals surface area contributed by atoms with Crippen molar-refractivity contribution in [2.45, 2.75) is 33.3 Å². The molecule has 0 radical (unpaired) electrons. The molecule has 1 aliphatic heterocycles. The second-order valence-electron chi connectivity index (χ2n) is 4.34. The summed E-state index contributed by atoms with van der Waals surface area (Å²) < 4.78 is 5.34. The summed E-state index contributed by atoms with van der Waals surface area (Å²) in [5, 5.41) is 3.55. The highest BCUT2D eigenvalue weighted by Crippen LogP contribution is 2.27. The van der Waals surface area contributed by atoms with Crippen LogP contribution in [0.2, 0.25) is 0 Å². The van der Waals surface area contributed by atoms with E-state index in [4.69, 9.17) is 4.74 Å². The minimum absolute atomic E-state index is 0.0435. The van der Waals surface area contributed by atoms with E-state index in [0.29, 0.717) is 24.1 Å². The van der Waals surface area contributed by atoms with Crippen LogP contribution >= 0.6 is 11.3 Å². The van der Waals surface area contributed by atoms with Crippen molar-refractivity contribution in [3.63, 3.8) is 0 Å². The number of nitrogens with zero attached hydrogens (tertiary/aromatic N) is 1. The Balaban J connectivity index is 1.99. The fourth-order valence-corrected chi connectivity index (χ4v) is 2.58. The molecule has 5 heteroatoms. The molecular formula is C11H16N2O2S. The van der Waals surface area contributed by atoms with E-state index < -0.39 is 0 Å². The molecule has 88 valence electrons. The molecule has 2 rings (SSSR count). The Labute approximate surface area is 99.0 Å². The van der Waals surface area contributed by atoms with E-state index in [9.17, 15) is 4.79 Å².